The van der Waals surface area contributed by atoms with Crippen molar-refractivity contribution >= 4 is 5.91 Å². The molecular weight excluding hydrogens is 326 g/mol. The van der Waals surface area contributed by atoms with Crippen LogP contribution in [0.3, 0.4) is 0 Å². The molecule has 1 N–H and O–H groups in total. The molecular formula is C21H29N3O2. The van der Waals surface area contributed by atoms with Crippen LogP contribution in [0.4, 0.5) is 0 Å². The van der Waals surface area contributed by atoms with E-state index in [2.05, 4.69) is 46.6 Å². The first-order valence-electron chi connectivity index (χ1n) is 9.80. The Morgan fingerprint density at radius 3 is 2.62 bits per heavy atom. The summed E-state index contributed by atoms with van der Waals surface area (Å²) in [6.07, 6.45) is 6.82. The van der Waals surface area contributed by atoms with E-state index >= 15 is 0 Å². The molecule has 2 heterocycles. The lowest BCUT2D eigenvalue weighted by Gasteiger charge is -2.31. The van der Waals surface area contributed by atoms with Crippen LogP contribution < -0.4 is 5.32 Å². The second-order valence-corrected chi connectivity index (χ2v) is 7.02. The van der Waals surface area contributed by atoms with Gasteiger partial charge >= 0.3 is 0 Å². The molecule has 1 fully saturated rings. The predicted octanol–water partition coefficient (Wildman–Crippen LogP) is 3.97. The fraction of sp³-hybridized carbons (Fsp3) is 0.524. The molecule has 0 spiro atoms. The van der Waals surface area contributed by atoms with Gasteiger partial charge in [0.15, 0.2) is 5.69 Å². The number of rotatable bonds is 7. The van der Waals surface area contributed by atoms with Crippen LogP contribution in [0.1, 0.15) is 66.9 Å². The molecule has 3 rings (SSSR count). The van der Waals surface area contributed by atoms with Gasteiger partial charge in [-0.15, -0.1) is 0 Å². The number of nitrogens with zero attached hydrogens (tertiary/aromatic N) is 2. The molecule has 0 saturated carbocycles. The summed E-state index contributed by atoms with van der Waals surface area (Å²) < 4.78 is 5.23. The highest BCUT2D eigenvalue weighted by Gasteiger charge is 2.23. The zero-order chi connectivity index (χ0) is 18.2. The molecule has 1 amide bonds. The van der Waals surface area contributed by atoms with E-state index in [9.17, 15) is 4.79 Å². The zero-order valence-corrected chi connectivity index (χ0v) is 15.6. The maximum Gasteiger partial charge on any atom is 0.273 e. The van der Waals surface area contributed by atoms with Gasteiger partial charge in [0.25, 0.3) is 5.91 Å². The molecule has 1 aromatic carbocycles. The first-order valence-corrected chi connectivity index (χ1v) is 9.80. The highest BCUT2D eigenvalue weighted by Crippen LogP contribution is 2.23. The SMILES string of the molecule is CCCc1cc(C(=O)NC[C@@H](c2ccccc2)N2CCCCCC2)no1. The van der Waals surface area contributed by atoms with Crippen LogP contribution in [-0.4, -0.2) is 35.6 Å². The van der Waals surface area contributed by atoms with Gasteiger partial charge in [-0.1, -0.05) is 55.3 Å². The minimum atomic E-state index is -0.160. The number of carbonyl (C=O) groups is 1. The highest BCUT2D eigenvalue weighted by molar-refractivity contribution is 5.92. The number of benzene rings is 1. The van der Waals surface area contributed by atoms with E-state index < -0.39 is 0 Å². The molecule has 0 radical (unpaired) electrons. The van der Waals surface area contributed by atoms with Crippen LogP contribution in [0.2, 0.25) is 0 Å². The maximum absolute atomic E-state index is 12.5. The van der Waals surface area contributed by atoms with Crippen molar-refractivity contribution in [2.24, 2.45) is 0 Å². The average molecular weight is 355 g/mol. The van der Waals surface area contributed by atoms with Crippen LogP contribution in [-0.2, 0) is 6.42 Å². The summed E-state index contributed by atoms with van der Waals surface area (Å²) in [5.41, 5.74) is 1.62. The van der Waals surface area contributed by atoms with E-state index in [4.69, 9.17) is 4.52 Å². The van der Waals surface area contributed by atoms with Crippen molar-refractivity contribution in [3.8, 4) is 0 Å². The standard InChI is InChI=1S/C21H29N3O2/c1-2-10-18-15-19(23-26-18)21(25)22-16-20(17-11-6-5-7-12-17)24-13-8-3-4-9-14-24/h5-7,11-12,15,20H,2-4,8-10,13-14,16H2,1H3,(H,22,25)/t20-/m0/s1. The van der Waals surface area contributed by atoms with Crippen molar-refractivity contribution < 1.29 is 9.32 Å². The van der Waals surface area contributed by atoms with Gasteiger partial charge in [-0.25, -0.2) is 0 Å². The lowest BCUT2D eigenvalue weighted by Crippen LogP contribution is -2.38. The first-order chi connectivity index (χ1) is 12.8. The Kier molecular flexibility index (Phi) is 6.83. The van der Waals surface area contributed by atoms with Crippen LogP contribution in [0, 0.1) is 0 Å². The Balaban J connectivity index is 1.67. The molecule has 140 valence electrons. The average Bonchev–Trinajstić information content (AvgIpc) is 2.97. The largest absolute Gasteiger partial charge is 0.361 e. The molecule has 5 nitrogen and oxygen atoms in total. The van der Waals surface area contributed by atoms with Crippen molar-refractivity contribution in [3.05, 3.63) is 53.4 Å². The minimum Gasteiger partial charge on any atom is -0.361 e. The molecule has 1 aliphatic heterocycles. The van der Waals surface area contributed by atoms with E-state index in [-0.39, 0.29) is 11.9 Å². The van der Waals surface area contributed by atoms with Crippen molar-refractivity contribution in [3.63, 3.8) is 0 Å². The lowest BCUT2D eigenvalue weighted by molar-refractivity contribution is 0.0924. The van der Waals surface area contributed by atoms with Crippen molar-refractivity contribution in [2.45, 2.75) is 51.5 Å². The van der Waals surface area contributed by atoms with Crippen LogP contribution in [0.15, 0.2) is 40.9 Å². The van der Waals surface area contributed by atoms with Crippen LogP contribution in [0.25, 0.3) is 0 Å². The van der Waals surface area contributed by atoms with Gasteiger partial charge in [0.2, 0.25) is 0 Å². The fourth-order valence-corrected chi connectivity index (χ4v) is 3.60. The summed E-state index contributed by atoms with van der Waals surface area (Å²) in [7, 11) is 0. The molecule has 26 heavy (non-hydrogen) atoms. The van der Waals surface area contributed by atoms with Gasteiger partial charge in [0, 0.05) is 19.0 Å². The van der Waals surface area contributed by atoms with Crippen molar-refractivity contribution in [1.29, 1.82) is 0 Å². The molecule has 1 aromatic heterocycles. The van der Waals surface area contributed by atoms with E-state index in [1.165, 1.54) is 31.2 Å². The zero-order valence-electron chi connectivity index (χ0n) is 15.6. The van der Waals surface area contributed by atoms with E-state index in [1.807, 2.05) is 6.07 Å². The van der Waals surface area contributed by atoms with Gasteiger partial charge in [-0.3, -0.25) is 9.69 Å². The van der Waals surface area contributed by atoms with Gasteiger partial charge in [0.05, 0.1) is 6.04 Å². The molecule has 0 bridgehead atoms. The summed E-state index contributed by atoms with van der Waals surface area (Å²) in [6, 6.07) is 12.4. The highest BCUT2D eigenvalue weighted by atomic mass is 16.5. The number of hydrogen-bond donors (Lipinski definition) is 1. The molecule has 0 unspecified atom stereocenters. The summed E-state index contributed by atoms with van der Waals surface area (Å²) in [4.78, 5) is 15.0. The van der Waals surface area contributed by atoms with Gasteiger partial charge in [-0.2, -0.15) is 0 Å². The van der Waals surface area contributed by atoms with Crippen molar-refractivity contribution in [2.75, 3.05) is 19.6 Å². The third kappa shape index (κ3) is 4.94. The summed E-state index contributed by atoms with van der Waals surface area (Å²) >= 11 is 0. The number of carbonyl (C=O) groups excluding carboxylic acids is 1. The Bertz CT molecular complexity index is 676. The molecule has 1 atom stereocenters. The second-order valence-electron chi connectivity index (χ2n) is 7.02. The van der Waals surface area contributed by atoms with Crippen LogP contribution >= 0.6 is 0 Å². The molecule has 1 saturated heterocycles. The summed E-state index contributed by atoms with van der Waals surface area (Å²) in [5, 5.41) is 6.98. The smallest absolute Gasteiger partial charge is 0.273 e. The second kappa shape index (κ2) is 9.53. The lowest BCUT2D eigenvalue weighted by atomic mass is 10.0. The van der Waals surface area contributed by atoms with Gasteiger partial charge < -0.3 is 9.84 Å². The number of aromatic nitrogens is 1. The minimum absolute atomic E-state index is 0.160. The van der Waals surface area contributed by atoms with E-state index in [1.54, 1.807) is 6.07 Å². The third-order valence-corrected chi connectivity index (χ3v) is 5.01. The maximum atomic E-state index is 12.5. The Labute approximate surface area is 155 Å². The normalized spacial score (nSPS) is 16.8. The van der Waals surface area contributed by atoms with Gasteiger partial charge in [0.1, 0.15) is 5.76 Å². The first kappa shape index (κ1) is 18.6. The number of likely N-dealkylation sites (tertiary alicyclic amines) is 1. The van der Waals surface area contributed by atoms with E-state index in [0.717, 1.165) is 31.7 Å². The topological polar surface area (TPSA) is 58.4 Å². The molecule has 1 aliphatic rings. The number of aryl methyl sites for hydroxylation is 1. The molecule has 2 aromatic rings. The molecule has 5 heteroatoms. The van der Waals surface area contributed by atoms with Gasteiger partial charge in [-0.05, 0) is 37.9 Å². The van der Waals surface area contributed by atoms with Crippen molar-refractivity contribution in [1.82, 2.24) is 15.4 Å². The number of nitrogens with one attached hydrogen (secondary N) is 1. The Hall–Kier alpha value is -2.14. The van der Waals surface area contributed by atoms with E-state index in [0.29, 0.717) is 12.2 Å². The third-order valence-electron chi connectivity index (χ3n) is 5.01. The quantitative estimate of drug-likeness (QED) is 0.816. The van der Waals surface area contributed by atoms with Crippen LogP contribution in [0.5, 0.6) is 0 Å². The molecule has 0 aliphatic carbocycles. The number of amides is 1. The fourth-order valence-electron chi connectivity index (χ4n) is 3.60. The summed E-state index contributed by atoms with van der Waals surface area (Å²) in [6.45, 7) is 4.83. The number of hydrogen-bond acceptors (Lipinski definition) is 4. The Morgan fingerprint density at radius 1 is 1.19 bits per heavy atom. The summed E-state index contributed by atoms with van der Waals surface area (Å²) in [5.74, 6) is 0.608. The monoisotopic (exact) mass is 355 g/mol. The predicted molar refractivity (Wildman–Crippen MR) is 102 cm³/mol. The Morgan fingerprint density at radius 2 is 1.92 bits per heavy atom.